The summed E-state index contributed by atoms with van der Waals surface area (Å²) in [5.74, 6) is -0.518. The SMILES string of the molecule is CCN(CC)c1ccc(C=NNC(=O)c2ccc(NC(=O)c3ccc(C(C)(C)C)cc3)cc2)cc1. The van der Waals surface area contributed by atoms with Crippen LogP contribution in [0.3, 0.4) is 0 Å². The minimum Gasteiger partial charge on any atom is -0.372 e. The second-order valence-corrected chi connectivity index (χ2v) is 9.32. The van der Waals surface area contributed by atoms with Gasteiger partial charge in [-0.3, -0.25) is 9.59 Å². The van der Waals surface area contributed by atoms with Gasteiger partial charge in [0.15, 0.2) is 0 Å². The van der Waals surface area contributed by atoms with Crippen LogP contribution >= 0.6 is 0 Å². The van der Waals surface area contributed by atoms with Gasteiger partial charge >= 0.3 is 0 Å². The largest absolute Gasteiger partial charge is 0.372 e. The van der Waals surface area contributed by atoms with E-state index in [1.165, 1.54) is 5.56 Å². The van der Waals surface area contributed by atoms with E-state index >= 15 is 0 Å². The fraction of sp³-hybridized carbons (Fsp3) is 0.276. The lowest BCUT2D eigenvalue weighted by Crippen LogP contribution is -2.21. The molecule has 0 radical (unpaired) electrons. The lowest BCUT2D eigenvalue weighted by molar-refractivity contribution is 0.0954. The van der Waals surface area contributed by atoms with Crippen LogP contribution in [0.15, 0.2) is 77.9 Å². The molecule has 0 atom stereocenters. The number of amides is 2. The number of hydrazone groups is 1. The number of nitrogens with one attached hydrogen (secondary N) is 2. The molecule has 182 valence electrons. The third-order valence-corrected chi connectivity index (χ3v) is 5.82. The van der Waals surface area contributed by atoms with E-state index in [2.05, 4.69) is 55.4 Å². The Morgan fingerprint density at radius 3 is 1.89 bits per heavy atom. The summed E-state index contributed by atoms with van der Waals surface area (Å²) >= 11 is 0. The number of benzene rings is 3. The summed E-state index contributed by atoms with van der Waals surface area (Å²) in [5, 5.41) is 6.92. The molecule has 0 aliphatic heterocycles. The van der Waals surface area contributed by atoms with E-state index in [1.807, 2.05) is 48.5 Å². The standard InChI is InChI=1S/C29H34N4O2/c1-6-33(7-2)26-18-8-21(9-19-26)20-30-32-28(35)23-12-16-25(17-13-23)31-27(34)22-10-14-24(15-11-22)29(3,4)5/h8-20H,6-7H2,1-5H3,(H,31,34)(H,32,35). The molecule has 35 heavy (non-hydrogen) atoms. The monoisotopic (exact) mass is 470 g/mol. The molecule has 0 saturated carbocycles. The van der Waals surface area contributed by atoms with Crippen molar-refractivity contribution in [3.63, 3.8) is 0 Å². The van der Waals surface area contributed by atoms with E-state index in [9.17, 15) is 9.59 Å². The molecular weight excluding hydrogens is 436 g/mol. The fourth-order valence-corrected chi connectivity index (χ4v) is 3.62. The Hall–Kier alpha value is -3.93. The Morgan fingerprint density at radius 2 is 1.34 bits per heavy atom. The summed E-state index contributed by atoms with van der Waals surface area (Å²) in [4.78, 5) is 27.2. The molecule has 6 nitrogen and oxygen atoms in total. The van der Waals surface area contributed by atoms with Gasteiger partial charge in [0, 0.05) is 35.6 Å². The van der Waals surface area contributed by atoms with Crippen LogP contribution < -0.4 is 15.6 Å². The average molecular weight is 471 g/mol. The first kappa shape index (κ1) is 25.7. The molecular formula is C29H34N4O2. The van der Waals surface area contributed by atoms with Gasteiger partial charge in [-0.2, -0.15) is 5.10 Å². The molecule has 0 saturated heterocycles. The second-order valence-electron chi connectivity index (χ2n) is 9.32. The van der Waals surface area contributed by atoms with Crippen molar-refractivity contribution in [3.05, 3.63) is 95.1 Å². The van der Waals surface area contributed by atoms with Crippen molar-refractivity contribution in [2.24, 2.45) is 5.10 Å². The Balaban J connectivity index is 1.54. The molecule has 0 unspecified atom stereocenters. The Kier molecular flexibility index (Phi) is 8.42. The average Bonchev–Trinajstić information content (AvgIpc) is 2.85. The second kappa shape index (κ2) is 11.5. The molecule has 2 N–H and O–H groups in total. The van der Waals surface area contributed by atoms with Gasteiger partial charge in [-0.05, 0) is 78.9 Å². The summed E-state index contributed by atoms with van der Waals surface area (Å²) in [5.41, 5.74) is 7.45. The topological polar surface area (TPSA) is 73.8 Å². The quantitative estimate of drug-likeness (QED) is 0.321. The summed E-state index contributed by atoms with van der Waals surface area (Å²) in [6.07, 6.45) is 1.61. The predicted octanol–water partition coefficient (Wildman–Crippen LogP) is 5.85. The van der Waals surface area contributed by atoms with E-state index in [1.54, 1.807) is 30.5 Å². The first-order valence-electron chi connectivity index (χ1n) is 11.9. The van der Waals surface area contributed by atoms with Crippen LogP contribution in [0.4, 0.5) is 11.4 Å². The zero-order valence-electron chi connectivity index (χ0n) is 21.1. The maximum Gasteiger partial charge on any atom is 0.271 e. The predicted molar refractivity (Wildman–Crippen MR) is 145 cm³/mol. The van der Waals surface area contributed by atoms with E-state index < -0.39 is 0 Å². The normalized spacial score (nSPS) is 11.3. The minimum atomic E-state index is -0.323. The molecule has 2 amide bonds. The highest BCUT2D eigenvalue weighted by atomic mass is 16.2. The first-order chi connectivity index (χ1) is 16.7. The van der Waals surface area contributed by atoms with Gasteiger partial charge in [-0.1, -0.05) is 45.0 Å². The van der Waals surface area contributed by atoms with Gasteiger partial charge in [0.2, 0.25) is 0 Å². The summed E-state index contributed by atoms with van der Waals surface area (Å²) < 4.78 is 0. The van der Waals surface area contributed by atoms with Gasteiger partial charge in [-0.15, -0.1) is 0 Å². The number of nitrogens with zero attached hydrogens (tertiary/aromatic N) is 2. The first-order valence-corrected chi connectivity index (χ1v) is 11.9. The van der Waals surface area contributed by atoms with Crippen molar-refractivity contribution in [2.75, 3.05) is 23.3 Å². The number of hydrogen-bond donors (Lipinski definition) is 2. The van der Waals surface area contributed by atoms with Gasteiger partial charge < -0.3 is 10.2 Å². The Morgan fingerprint density at radius 1 is 0.800 bits per heavy atom. The number of hydrogen-bond acceptors (Lipinski definition) is 4. The van der Waals surface area contributed by atoms with Crippen LogP contribution in [0, 0.1) is 0 Å². The molecule has 3 aromatic rings. The van der Waals surface area contributed by atoms with Crippen LogP contribution in [0.5, 0.6) is 0 Å². The van der Waals surface area contributed by atoms with Crippen LogP contribution in [-0.2, 0) is 5.41 Å². The van der Waals surface area contributed by atoms with Gasteiger partial charge in [-0.25, -0.2) is 5.43 Å². The zero-order chi connectivity index (χ0) is 25.4. The highest BCUT2D eigenvalue weighted by molar-refractivity contribution is 6.04. The summed E-state index contributed by atoms with van der Waals surface area (Å²) in [6, 6.07) is 22.3. The molecule has 0 heterocycles. The minimum absolute atomic E-state index is 0.0331. The van der Waals surface area contributed by atoms with Crippen molar-refractivity contribution in [1.82, 2.24) is 5.43 Å². The molecule has 0 aromatic heterocycles. The molecule has 6 heteroatoms. The Labute approximate surface area is 208 Å². The van der Waals surface area contributed by atoms with E-state index in [0.717, 1.165) is 24.3 Å². The molecule has 3 aromatic carbocycles. The molecule has 0 aliphatic carbocycles. The lowest BCUT2D eigenvalue weighted by Gasteiger charge is -2.20. The number of anilines is 2. The van der Waals surface area contributed by atoms with Crippen LogP contribution in [0.1, 0.15) is 66.5 Å². The third-order valence-electron chi connectivity index (χ3n) is 5.82. The van der Waals surface area contributed by atoms with Crippen molar-refractivity contribution in [3.8, 4) is 0 Å². The number of rotatable bonds is 8. The molecule has 0 spiro atoms. The van der Waals surface area contributed by atoms with Gasteiger partial charge in [0.25, 0.3) is 11.8 Å². The summed E-state index contributed by atoms with van der Waals surface area (Å²) in [6.45, 7) is 12.6. The van der Waals surface area contributed by atoms with E-state index in [0.29, 0.717) is 16.8 Å². The number of carbonyl (C=O) groups is 2. The lowest BCUT2D eigenvalue weighted by atomic mass is 9.87. The third kappa shape index (κ3) is 7.03. The van der Waals surface area contributed by atoms with Crippen molar-refractivity contribution < 1.29 is 9.59 Å². The van der Waals surface area contributed by atoms with Crippen LogP contribution in [0.2, 0.25) is 0 Å². The highest BCUT2D eigenvalue weighted by Gasteiger charge is 2.14. The van der Waals surface area contributed by atoms with Gasteiger partial charge in [0.1, 0.15) is 0 Å². The van der Waals surface area contributed by atoms with Crippen molar-refractivity contribution in [2.45, 2.75) is 40.0 Å². The van der Waals surface area contributed by atoms with Gasteiger partial charge in [0.05, 0.1) is 6.21 Å². The maximum atomic E-state index is 12.6. The summed E-state index contributed by atoms with van der Waals surface area (Å²) in [7, 11) is 0. The van der Waals surface area contributed by atoms with Crippen molar-refractivity contribution in [1.29, 1.82) is 0 Å². The van der Waals surface area contributed by atoms with Crippen molar-refractivity contribution >= 4 is 29.4 Å². The smallest absolute Gasteiger partial charge is 0.271 e. The van der Waals surface area contributed by atoms with Crippen LogP contribution in [-0.4, -0.2) is 31.1 Å². The highest BCUT2D eigenvalue weighted by Crippen LogP contribution is 2.22. The zero-order valence-corrected chi connectivity index (χ0v) is 21.1. The van der Waals surface area contributed by atoms with E-state index in [-0.39, 0.29) is 17.2 Å². The molecule has 0 aliphatic rings. The van der Waals surface area contributed by atoms with Crippen LogP contribution in [0.25, 0.3) is 0 Å². The molecule has 0 bridgehead atoms. The fourth-order valence-electron chi connectivity index (χ4n) is 3.62. The number of carbonyl (C=O) groups excluding carboxylic acids is 2. The molecule has 0 fully saturated rings. The Bertz CT molecular complexity index is 1160. The maximum absolute atomic E-state index is 12.6. The van der Waals surface area contributed by atoms with E-state index in [4.69, 9.17) is 0 Å². The molecule has 3 rings (SSSR count).